The van der Waals surface area contributed by atoms with Crippen molar-refractivity contribution in [2.24, 2.45) is 0 Å². The van der Waals surface area contributed by atoms with Gasteiger partial charge in [0.2, 0.25) is 0 Å². The van der Waals surface area contributed by atoms with Gasteiger partial charge in [-0.15, -0.1) is 0 Å². The first-order valence-electron chi connectivity index (χ1n) is 5.54. The van der Waals surface area contributed by atoms with Crippen molar-refractivity contribution >= 4 is 11.9 Å². The Kier molecular flexibility index (Phi) is 2.66. The van der Waals surface area contributed by atoms with E-state index in [4.69, 9.17) is 9.47 Å². The Morgan fingerprint density at radius 1 is 1.50 bits per heavy atom. The van der Waals surface area contributed by atoms with Gasteiger partial charge in [-0.05, 0) is 27.2 Å². The maximum absolute atomic E-state index is 11.5. The van der Waals surface area contributed by atoms with Gasteiger partial charge < -0.3 is 14.8 Å². The minimum absolute atomic E-state index is 0.0856. The van der Waals surface area contributed by atoms with Gasteiger partial charge >= 0.3 is 6.09 Å². The van der Waals surface area contributed by atoms with Gasteiger partial charge in [0.1, 0.15) is 17.8 Å². The van der Waals surface area contributed by atoms with Gasteiger partial charge in [0.15, 0.2) is 5.78 Å². The first-order chi connectivity index (χ1) is 7.37. The average molecular weight is 227 g/mol. The largest absolute Gasteiger partial charge is 0.444 e. The standard InChI is InChI=1S/C11H17NO4/c1-11(2,3)16-10(14)12-6-4-5-7(13)9-8(6)15-9/h6,8-9H,4-5H2,1-3H3,(H,12,14)/t6-,8+,9+/m1/s1. The van der Waals surface area contributed by atoms with Crippen LogP contribution in [0.25, 0.3) is 0 Å². The highest BCUT2D eigenvalue weighted by Gasteiger charge is 2.53. The van der Waals surface area contributed by atoms with Crippen LogP contribution in [0, 0.1) is 0 Å². The van der Waals surface area contributed by atoms with E-state index in [1.165, 1.54) is 0 Å². The number of epoxide rings is 1. The number of rotatable bonds is 1. The molecule has 5 heteroatoms. The van der Waals surface area contributed by atoms with Crippen LogP contribution in [0.5, 0.6) is 0 Å². The molecule has 1 heterocycles. The van der Waals surface area contributed by atoms with E-state index in [-0.39, 0.29) is 24.0 Å². The first kappa shape index (κ1) is 11.4. The highest BCUT2D eigenvalue weighted by Crippen LogP contribution is 2.34. The van der Waals surface area contributed by atoms with E-state index in [2.05, 4.69) is 5.32 Å². The molecule has 1 aliphatic heterocycles. The van der Waals surface area contributed by atoms with E-state index >= 15 is 0 Å². The van der Waals surface area contributed by atoms with Crippen LogP contribution in [0.3, 0.4) is 0 Å². The zero-order valence-electron chi connectivity index (χ0n) is 9.78. The fourth-order valence-electron chi connectivity index (χ4n) is 1.91. The summed E-state index contributed by atoms with van der Waals surface area (Å²) in [5.41, 5.74) is -0.502. The van der Waals surface area contributed by atoms with Crippen LogP contribution in [0.4, 0.5) is 4.79 Å². The summed E-state index contributed by atoms with van der Waals surface area (Å²) in [5, 5.41) is 2.75. The summed E-state index contributed by atoms with van der Waals surface area (Å²) in [6.07, 6.45) is 0.254. The minimum atomic E-state index is -0.502. The molecule has 0 radical (unpaired) electrons. The Balaban J connectivity index is 1.83. The van der Waals surface area contributed by atoms with Gasteiger partial charge in [-0.25, -0.2) is 4.79 Å². The third-order valence-corrected chi connectivity index (χ3v) is 2.64. The maximum Gasteiger partial charge on any atom is 0.407 e. The van der Waals surface area contributed by atoms with Gasteiger partial charge in [0.25, 0.3) is 0 Å². The molecule has 1 N–H and O–H groups in total. The number of ether oxygens (including phenoxy) is 2. The zero-order valence-corrected chi connectivity index (χ0v) is 9.78. The fraction of sp³-hybridized carbons (Fsp3) is 0.818. The highest BCUT2D eigenvalue weighted by molar-refractivity contribution is 5.87. The molecule has 1 saturated carbocycles. The Morgan fingerprint density at radius 3 is 2.81 bits per heavy atom. The monoisotopic (exact) mass is 227 g/mol. The molecule has 0 unspecified atom stereocenters. The van der Waals surface area contributed by atoms with E-state index in [1.807, 2.05) is 20.8 Å². The van der Waals surface area contributed by atoms with Gasteiger partial charge in [-0.3, -0.25) is 4.79 Å². The summed E-state index contributed by atoms with van der Waals surface area (Å²) in [7, 11) is 0. The second kappa shape index (κ2) is 3.73. The Labute approximate surface area is 94.5 Å². The van der Waals surface area contributed by atoms with Crippen molar-refractivity contribution in [2.75, 3.05) is 0 Å². The van der Waals surface area contributed by atoms with E-state index in [1.54, 1.807) is 0 Å². The number of ketones is 1. The first-order valence-corrected chi connectivity index (χ1v) is 5.54. The summed E-state index contributed by atoms with van der Waals surface area (Å²) in [6.45, 7) is 5.44. The molecule has 90 valence electrons. The third kappa shape index (κ3) is 2.52. The van der Waals surface area contributed by atoms with Crippen LogP contribution in [-0.4, -0.2) is 35.7 Å². The lowest BCUT2D eigenvalue weighted by atomic mass is 9.94. The van der Waals surface area contributed by atoms with Crippen molar-refractivity contribution in [3.63, 3.8) is 0 Å². The minimum Gasteiger partial charge on any atom is -0.444 e. The van der Waals surface area contributed by atoms with Gasteiger partial charge in [0.05, 0.1) is 6.04 Å². The van der Waals surface area contributed by atoms with Gasteiger partial charge in [-0.2, -0.15) is 0 Å². The molecule has 0 aromatic carbocycles. The van der Waals surface area contributed by atoms with Crippen molar-refractivity contribution in [2.45, 2.75) is 57.5 Å². The fourth-order valence-corrected chi connectivity index (χ4v) is 1.91. The summed E-state index contributed by atoms with van der Waals surface area (Å²) < 4.78 is 10.4. The van der Waals surface area contributed by atoms with Crippen molar-refractivity contribution < 1.29 is 19.1 Å². The molecule has 1 amide bonds. The molecule has 1 aliphatic carbocycles. The number of hydrogen-bond donors (Lipinski definition) is 1. The molecule has 1 saturated heterocycles. The lowest BCUT2D eigenvalue weighted by molar-refractivity contribution is -0.120. The molecule has 16 heavy (non-hydrogen) atoms. The Hall–Kier alpha value is -1.10. The quantitative estimate of drug-likeness (QED) is 0.679. The molecule has 2 aliphatic rings. The molecule has 0 aromatic rings. The van der Waals surface area contributed by atoms with Crippen molar-refractivity contribution in [3.05, 3.63) is 0 Å². The van der Waals surface area contributed by atoms with Gasteiger partial charge in [0, 0.05) is 6.42 Å². The molecular weight excluding hydrogens is 210 g/mol. The van der Waals surface area contributed by atoms with Crippen LogP contribution in [0.2, 0.25) is 0 Å². The molecule has 3 atom stereocenters. The topological polar surface area (TPSA) is 67.9 Å². The predicted octanol–water partition coefficient (Wildman–Crippen LogP) is 1.01. The number of Topliss-reactive ketones (excluding diaryl/α,β-unsaturated/α-hetero) is 1. The molecule has 2 rings (SSSR count). The Morgan fingerprint density at radius 2 is 2.19 bits per heavy atom. The number of hydrogen-bond acceptors (Lipinski definition) is 4. The number of fused-ring (bicyclic) bond motifs is 1. The van der Waals surface area contributed by atoms with Gasteiger partial charge in [-0.1, -0.05) is 0 Å². The Bertz CT molecular complexity index is 320. The predicted molar refractivity (Wildman–Crippen MR) is 56.1 cm³/mol. The zero-order chi connectivity index (χ0) is 11.9. The summed E-state index contributed by atoms with van der Waals surface area (Å²) in [6, 6.07) is -0.0856. The second-order valence-corrected chi connectivity index (χ2v) is 5.28. The van der Waals surface area contributed by atoms with Crippen molar-refractivity contribution in [1.29, 1.82) is 0 Å². The third-order valence-electron chi connectivity index (χ3n) is 2.64. The number of alkyl carbamates (subject to hydrolysis) is 1. The molecule has 0 aromatic heterocycles. The van der Waals surface area contributed by atoms with Crippen LogP contribution < -0.4 is 5.32 Å². The van der Waals surface area contributed by atoms with Crippen LogP contribution in [0.1, 0.15) is 33.6 Å². The van der Waals surface area contributed by atoms with Crippen molar-refractivity contribution in [3.8, 4) is 0 Å². The second-order valence-electron chi connectivity index (χ2n) is 5.28. The molecule has 0 spiro atoms. The molecular formula is C11H17NO4. The van der Waals surface area contributed by atoms with E-state index in [9.17, 15) is 9.59 Å². The van der Waals surface area contributed by atoms with E-state index < -0.39 is 11.7 Å². The lowest BCUT2D eigenvalue weighted by Crippen LogP contribution is -2.45. The lowest BCUT2D eigenvalue weighted by Gasteiger charge is -2.23. The number of carbonyl (C=O) groups excluding carboxylic acids is 2. The average Bonchev–Trinajstić information content (AvgIpc) is 2.86. The number of carbonyl (C=O) groups is 2. The summed E-state index contributed by atoms with van der Waals surface area (Å²) >= 11 is 0. The smallest absolute Gasteiger partial charge is 0.407 e. The molecule has 0 bridgehead atoms. The van der Waals surface area contributed by atoms with E-state index in [0.717, 1.165) is 0 Å². The number of amides is 1. The number of nitrogens with one attached hydrogen (secondary N) is 1. The molecule has 2 fully saturated rings. The van der Waals surface area contributed by atoms with Crippen LogP contribution >= 0.6 is 0 Å². The SMILES string of the molecule is CC(C)(C)OC(=O)N[C@@H]1CCC(=O)[C@@H]2O[C@@H]12. The maximum atomic E-state index is 11.5. The van der Waals surface area contributed by atoms with E-state index in [0.29, 0.717) is 12.8 Å². The van der Waals surface area contributed by atoms with Crippen molar-refractivity contribution in [1.82, 2.24) is 5.32 Å². The summed E-state index contributed by atoms with van der Waals surface area (Å²) in [5.74, 6) is 0.146. The summed E-state index contributed by atoms with van der Waals surface area (Å²) in [4.78, 5) is 22.7. The normalized spacial score (nSPS) is 32.9. The highest BCUT2D eigenvalue weighted by atomic mass is 16.6. The van der Waals surface area contributed by atoms with Crippen LogP contribution in [0.15, 0.2) is 0 Å². The molecule has 5 nitrogen and oxygen atoms in total. The van der Waals surface area contributed by atoms with Crippen LogP contribution in [-0.2, 0) is 14.3 Å².